The molecular formula is C52H61NO7. The zero-order valence-corrected chi connectivity index (χ0v) is 35.5. The van der Waals surface area contributed by atoms with Gasteiger partial charge in [0.2, 0.25) is 0 Å². The number of phenolic OH excluding ortho intramolecular Hbond substituents is 1. The van der Waals surface area contributed by atoms with Gasteiger partial charge in [-0.15, -0.1) is 0 Å². The molecule has 4 aromatic rings. The average Bonchev–Trinajstić information content (AvgIpc) is 3.72. The summed E-state index contributed by atoms with van der Waals surface area (Å²) in [6.07, 6.45) is 17.9. The van der Waals surface area contributed by atoms with Crippen molar-refractivity contribution in [3.05, 3.63) is 119 Å². The van der Waals surface area contributed by atoms with E-state index in [2.05, 4.69) is 66.7 Å². The molecule has 2 aliphatic heterocycles. The van der Waals surface area contributed by atoms with Crippen LogP contribution in [0.5, 0.6) is 17.2 Å². The number of aliphatic hydroxyl groups is 2. The van der Waals surface area contributed by atoms with Gasteiger partial charge in [-0.2, -0.15) is 0 Å². The molecule has 1 spiro atoms. The average molecular weight is 812 g/mol. The topological polar surface area (TPSA) is 117 Å². The molecule has 60 heavy (non-hydrogen) atoms. The third-order valence-corrected chi connectivity index (χ3v) is 12.6. The monoisotopic (exact) mass is 811 g/mol. The Morgan fingerprint density at radius 2 is 1.80 bits per heavy atom. The van der Waals surface area contributed by atoms with E-state index in [1.807, 2.05) is 36.4 Å². The van der Waals surface area contributed by atoms with Crippen LogP contribution in [0, 0.1) is 23.9 Å². The van der Waals surface area contributed by atoms with Crippen LogP contribution in [0.3, 0.4) is 0 Å². The van der Waals surface area contributed by atoms with E-state index in [1.165, 1.54) is 5.56 Å². The molecule has 1 saturated carbocycles. The molecule has 0 aromatic heterocycles. The number of benzene rings is 4. The van der Waals surface area contributed by atoms with Gasteiger partial charge in [0.25, 0.3) is 0 Å². The van der Waals surface area contributed by atoms with Crippen molar-refractivity contribution in [2.75, 3.05) is 19.0 Å². The number of carbonyl (C=O) groups is 1. The van der Waals surface area contributed by atoms with Crippen molar-refractivity contribution >= 4 is 22.2 Å². The lowest BCUT2D eigenvalue weighted by Crippen LogP contribution is -2.25. The number of hydrogen-bond acceptors (Lipinski definition) is 8. The standard InChI is InChI=1S/C52H61NO7/c1-4-39-31-48(57)51-46-20-15-38(27-47(39)46)34-60-50-28-37(16-21-49(50)58-3)14-18-44(56)32-45(59-25-24-52(51)22-7-8-23-52)30-41-29-43(55)19-17-40(41)12-6-5-10-36-11-9-13-42(26-36)53-33-35(2)54/h9,11,13,15-17,19-21,26-29,31,35,40-41,45,53-55,57H,4-8,10,12,14,18,22-23,30,32-34H2,1-3H3/t35-,40+,41+,45-/m0/s1. The van der Waals surface area contributed by atoms with E-state index >= 15 is 0 Å². The lowest BCUT2D eigenvalue weighted by molar-refractivity contribution is -0.121. The number of hydrogen-bond donors (Lipinski definition) is 4. The number of methoxy groups -OCH3 is 1. The highest BCUT2D eigenvalue weighted by atomic mass is 16.5. The fourth-order valence-electron chi connectivity index (χ4n) is 9.43. The van der Waals surface area contributed by atoms with Crippen LogP contribution in [0.1, 0.15) is 106 Å². The summed E-state index contributed by atoms with van der Waals surface area (Å²) in [5.74, 6) is 5.53. The van der Waals surface area contributed by atoms with Gasteiger partial charge in [-0.05, 0) is 158 Å². The van der Waals surface area contributed by atoms with E-state index in [9.17, 15) is 20.1 Å². The molecule has 6 bridgehead atoms. The number of carbonyl (C=O) groups excluding carboxylic acids is 1. The van der Waals surface area contributed by atoms with E-state index in [0.29, 0.717) is 43.9 Å². The normalized spacial score (nSPS) is 20.6. The van der Waals surface area contributed by atoms with Crippen LogP contribution < -0.4 is 14.8 Å². The third-order valence-electron chi connectivity index (χ3n) is 12.6. The number of anilines is 1. The van der Waals surface area contributed by atoms with E-state index in [4.69, 9.17) is 14.2 Å². The molecule has 1 fully saturated rings. The van der Waals surface area contributed by atoms with Crippen molar-refractivity contribution < 1.29 is 34.3 Å². The van der Waals surface area contributed by atoms with Gasteiger partial charge >= 0.3 is 0 Å². The molecule has 0 radical (unpaired) electrons. The molecule has 4 atom stereocenters. The number of ketones is 1. The molecule has 4 aliphatic rings. The predicted octanol–water partition coefficient (Wildman–Crippen LogP) is 10.6. The molecular weight excluding hydrogens is 751 g/mol. The Morgan fingerprint density at radius 1 is 0.967 bits per heavy atom. The van der Waals surface area contributed by atoms with Crippen LogP contribution in [-0.2, 0) is 40.8 Å². The molecule has 4 aromatic carbocycles. The second-order valence-corrected chi connectivity index (χ2v) is 17.1. The maximum Gasteiger partial charge on any atom is 0.161 e. The number of phenols is 1. The predicted molar refractivity (Wildman–Crippen MR) is 239 cm³/mol. The van der Waals surface area contributed by atoms with Crippen LogP contribution in [0.2, 0.25) is 0 Å². The number of fused-ring (bicyclic) bond motifs is 8. The van der Waals surface area contributed by atoms with Gasteiger partial charge in [-0.1, -0.05) is 62.6 Å². The van der Waals surface area contributed by atoms with Crippen LogP contribution in [-0.4, -0.2) is 47.0 Å². The highest BCUT2D eigenvalue weighted by Crippen LogP contribution is 2.48. The molecule has 2 heterocycles. The van der Waals surface area contributed by atoms with Crippen molar-refractivity contribution in [3.63, 3.8) is 0 Å². The highest BCUT2D eigenvalue weighted by molar-refractivity contribution is 5.93. The first-order valence-corrected chi connectivity index (χ1v) is 22.0. The minimum atomic E-state index is -0.599. The van der Waals surface area contributed by atoms with Crippen LogP contribution >= 0.6 is 0 Å². The smallest absolute Gasteiger partial charge is 0.161 e. The van der Waals surface area contributed by atoms with Gasteiger partial charge in [0.05, 0.1) is 18.6 Å². The van der Waals surface area contributed by atoms with Crippen LogP contribution in [0.25, 0.3) is 10.8 Å². The van der Waals surface area contributed by atoms with E-state index in [0.717, 1.165) is 96.5 Å². The van der Waals surface area contributed by atoms with Crippen molar-refractivity contribution in [1.29, 1.82) is 0 Å². The Balaban J connectivity index is 1.15. The SMILES string of the molecule is CCc1cc(O)c2c3ccc(cc13)COc1cc(ccc1OC)CCC(=O)C[C@H](C[C@H]1C=C(O)C=C[C@H]1CCCCc1cccc(NC[C@H](C)O)c1)OC#CC21CCCC1. The van der Waals surface area contributed by atoms with Gasteiger partial charge in [-0.25, -0.2) is 0 Å². The number of aliphatic hydroxyl groups excluding tert-OH is 2. The third kappa shape index (κ3) is 10.5. The number of Topliss-reactive ketones (excluding diaryl/α,β-unsaturated/α-hetero) is 1. The van der Waals surface area contributed by atoms with Gasteiger partial charge < -0.3 is 34.8 Å². The Hall–Kier alpha value is -5.39. The summed E-state index contributed by atoms with van der Waals surface area (Å²) in [7, 11) is 1.63. The quantitative estimate of drug-likeness (QED) is 0.0825. The molecule has 0 amide bonds. The molecule has 0 unspecified atom stereocenters. The molecule has 8 nitrogen and oxygen atoms in total. The van der Waals surface area contributed by atoms with E-state index < -0.39 is 17.6 Å². The number of nitrogens with one attached hydrogen (secondary N) is 1. The fourth-order valence-corrected chi connectivity index (χ4v) is 9.43. The second-order valence-electron chi connectivity index (χ2n) is 17.1. The second kappa shape index (κ2) is 19.8. The van der Waals surface area contributed by atoms with Crippen molar-refractivity contribution in [3.8, 4) is 29.3 Å². The number of aryl methyl sites for hydroxylation is 3. The molecule has 8 rings (SSSR count). The lowest BCUT2D eigenvalue weighted by Gasteiger charge is -2.29. The van der Waals surface area contributed by atoms with Gasteiger partial charge in [0.15, 0.2) is 11.5 Å². The number of rotatable bonds is 12. The largest absolute Gasteiger partial charge is 0.508 e. The zero-order chi connectivity index (χ0) is 42.1. The van der Waals surface area contributed by atoms with Crippen LogP contribution in [0.4, 0.5) is 5.69 Å². The summed E-state index contributed by atoms with van der Waals surface area (Å²) in [5, 5.41) is 37.5. The van der Waals surface area contributed by atoms with Gasteiger partial charge in [0.1, 0.15) is 36.1 Å². The molecule has 8 heteroatoms. The molecule has 0 saturated heterocycles. The van der Waals surface area contributed by atoms with E-state index in [1.54, 1.807) is 20.1 Å². The van der Waals surface area contributed by atoms with Gasteiger partial charge in [-0.3, -0.25) is 4.79 Å². The Bertz CT molecular complexity index is 2260. The minimum Gasteiger partial charge on any atom is -0.508 e. The zero-order valence-electron chi connectivity index (χ0n) is 35.5. The fraction of sp³-hybridized carbons (Fsp3) is 0.442. The number of unbranched alkanes of at least 4 members (excludes halogenated alkanes) is 1. The van der Waals surface area contributed by atoms with Crippen molar-refractivity contribution in [1.82, 2.24) is 0 Å². The summed E-state index contributed by atoms with van der Waals surface area (Å²) in [6.45, 7) is 4.73. The Morgan fingerprint density at radius 3 is 2.60 bits per heavy atom. The van der Waals surface area contributed by atoms with Gasteiger partial charge in [0, 0.05) is 30.6 Å². The van der Waals surface area contributed by atoms with Crippen LogP contribution in [0.15, 0.2) is 90.7 Å². The summed E-state index contributed by atoms with van der Waals surface area (Å²) in [6, 6.07) is 22.5. The first-order chi connectivity index (χ1) is 29.1. The maximum absolute atomic E-state index is 13.8. The number of aromatic hydroxyl groups is 1. The number of allylic oxidation sites excluding steroid dienone is 3. The first-order valence-electron chi connectivity index (χ1n) is 22.0. The lowest BCUT2D eigenvalue weighted by atomic mass is 9.76. The molecule has 316 valence electrons. The highest BCUT2D eigenvalue weighted by Gasteiger charge is 2.38. The summed E-state index contributed by atoms with van der Waals surface area (Å²) in [5.41, 5.74) is 5.58. The molecule has 4 N–H and O–H groups in total. The Kier molecular flexibility index (Phi) is 14.1. The van der Waals surface area contributed by atoms with Crippen molar-refractivity contribution in [2.45, 2.75) is 122 Å². The molecule has 2 aliphatic carbocycles. The maximum atomic E-state index is 13.8. The number of ether oxygens (including phenoxy) is 3. The first kappa shape index (κ1) is 42.7. The summed E-state index contributed by atoms with van der Waals surface area (Å²) >= 11 is 0. The van der Waals surface area contributed by atoms with Crippen molar-refractivity contribution in [2.24, 2.45) is 11.8 Å². The summed E-state index contributed by atoms with van der Waals surface area (Å²) in [4.78, 5) is 13.8. The minimum absolute atomic E-state index is 0.0327. The van der Waals surface area contributed by atoms with E-state index in [-0.39, 0.29) is 35.5 Å². The Labute approximate surface area is 355 Å². The summed E-state index contributed by atoms with van der Waals surface area (Å²) < 4.78 is 18.6.